The predicted octanol–water partition coefficient (Wildman–Crippen LogP) is 4.93. The standard InChI is InChI=1S/C22H20BrN3O2/c1-14-5-10-19(18(23)12-14)25-21-20-17(4-3-11-24-20)22(27)26(21)13-15-6-8-16(28-2)9-7-15/h3-12,21,25H,13H2,1-2H3/t21-/m0/s1. The molecule has 0 radical (unpaired) electrons. The summed E-state index contributed by atoms with van der Waals surface area (Å²) >= 11 is 3.61. The number of ether oxygens (including phenoxy) is 1. The van der Waals surface area contributed by atoms with Gasteiger partial charge in [0.05, 0.1) is 24.1 Å². The van der Waals surface area contributed by atoms with Gasteiger partial charge in [-0.1, -0.05) is 18.2 Å². The first-order chi connectivity index (χ1) is 13.6. The fourth-order valence-corrected chi connectivity index (χ4v) is 3.97. The molecule has 2 heterocycles. The Morgan fingerprint density at radius 1 is 1.18 bits per heavy atom. The van der Waals surface area contributed by atoms with Gasteiger partial charge in [-0.3, -0.25) is 9.78 Å². The van der Waals surface area contributed by atoms with Gasteiger partial charge in [-0.15, -0.1) is 0 Å². The number of fused-ring (bicyclic) bond motifs is 1. The van der Waals surface area contributed by atoms with Crippen molar-refractivity contribution in [1.29, 1.82) is 0 Å². The number of nitrogens with one attached hydrogen (secondary N) is 1. The van der Waals surface area contributed by atoms with Crippen LogP contribution in [0.2, 0.25) is 0 Å². The molecule has 1 atom stereocenters. The summed E-state index contributed by atoms with van der Waals surface area (Å²) in [6, 6.07) is 17.5. The third-order valence-electron chi connectivity index (χ3n) is 4.83. The summed E-state index contributed by atoms with van der Waals surface area (Å²) in [6.07, 6.45) is 1.38. The summed E-state index contributed by atoms with van der Waals surface area (Å²) in [6.45, 7) is 2.51. The van der Waals surface area contributed by atoms with Crippen molar-refractivity contribution in [1.82, 2.24) is 9.88 Å². The molecule has 0 saturated heterocycles. The molecule has 1 aliphatic heterocycles. The number of hydrogen-bond acceptors (Lipinski definition) is 4. The minimum Gasteiger partial charge on any atom is -0.497 e. The maximum absolute atomic E-state index is 13.1. The number of halogens is 1. The largest absolute Gasteiger partial charge is 0.497 e. The minimum absolute atomic E-state index is 0.0281. The normalized spacial score (nSPS) is 15.5. The lowest BCUT2D eigenvalue weighted by Gasteiger charge is -2.27. The Labute approximate surface area is 172 Å². The molecule has 3 aromatic rings. The highest BCUT2D eigenvalue weighted by Crippen LogP contribution is 2.36. The molecule has 0 saturated carbocycles. The van der Waals surface area contributed by atoms with Crippen LogP contribution in [0.15, 0.2) is 65.3 Å². The number of methoxy groups -OCH3 is 1. The van der Waals surface area contributed by atoms with Crippen molar-refractivity contribution in [3.8, 4) is 5.75 Å². The monoisotopic (exact) mass is 437 g/mol. The van der Waals surface area contributed by atoms with Crippen molar-refractivity contribution in [3.05, 3.63) is 87.7 Å². The van der Waals surface area contributed by atoms with E-state index in [1.807, 2.05) is 60.4 Å². The lowest BCUT2D eigenvalue weighted by atomic mass is 10.2. The first-order valence-electron chi connectivity index (χ1n) is 8.98. The second-order valence-corrected chi connectivity index (χ2v) is 7.60. The van der Waals surface area contributed by atoms with Crippen molar-refractivity contribution in [2.45, 2.75) is 19.6 Å². The van der Waals surface area contributed by atoms with Gasteiger partial charge in [0.2, 0.25) is 0 Å². The van der Waals surface area contributed by atoms with Crippen LogP contribution < -0.4 is 10.1 Å². The van der Waals surface area contributed by atoms with Gasteiger partial charge in [0.25, 0.3) is 5.91 Å². The number of amides is 1. The molecule has 0 aliphatic carbocycles. The van der Waals surface area contributed by atoms with E-state index in [4.69, 9.17) is 4.74 Å². The van der Waals surface area contributed by atoms with Crippen LogP contribution in [-0.2, 0) is 6.54 Å². The van der Waals surface area contributed by atoms with Crippen LogP contribution in [-0.4, -0.2) is 22.9 Å². The molecule has 2 aromatic carbocycles. The van der Waals surface area contributed by atoms with Crippen molar-refractivity contribution in [2.24, 2.45) is 0 Å². The third-order valence-corrected chi connectivity index (χ3v) is 5.49. The molecule has 0 fully saturated rings. The smallest absolute Gasteiger partial charge is 0.258 e. The summed E-state index contributed by atoms with van der Waals surface area (Å²) in [7, 11) is 1.64. The number of aromatic nitrogens is 1. The number of hydrogen-bond donors (Lipinski definition) is 1. The number of carbonyl (C=O) groups excluding carboxylic acids is 1. The van der Waals surface area contributed by atoms with E-state index in [1.165, 1.54) is 0 Å². The predicted molar refractivity (Wildman–Crippen MR) is 112 cm³/mol. The van der Waals surface area contributed by atoms with Crippen molar-refractivity contribution < 1.29 is 9.53 Å². The molecule has 1 aliphatic rings. The number of nitrogens with zero attached hydrogens (tertiary/aromatic N) is 2. The number of rotatable bonds is 5. The second kappa shape index (κ2) is 7.64. The molecule has 142 valence electrons. The Hall–Kier alpha value is -2.86. The fraction of sp³-hybridized carbons (Fsp3) is 0.182. The molecule has 1 aromatic heterocycles. The van der Waals surface area contributed by atoms with Gasteiger partial charge in [0.1, 0.15) is 11.9 Å². The van der Waals surface area contributed by atoms with Crippen molar-refractivity contribution in [2.75, 3.05) is 12.4 Å². The molecule has 6 heteroatoms. The van der Waals surface area contributed by atoms with Crippen LogP contribution >= 0.6 is 15.9 Å². The SMILES string of the molecule is COc1ccc(CN2C(=O)c3cccnc3[C@H]2Nc2ccc(C)cc2Br)cc1. The van der Waals surface area contributed by atoms with Crippen molar-refractivity contribution >= 4 is 27.5 Å². The maximum atomic E-state index is 13.1. The Morgan fingerprint density at radius 2 is 1.96 bits per heavy atom. The van der Waals surface area contributed by atoms with Gasteiger partial charge in [-0.2, -0.15) is 0 Å². The average molecular weight is 438 g/mol. The minimum atomic E-state index is -0.343. The van der Waals surface area contributed by atoms with E-state index >= 15 is 0 Å². The van der Waals surface area contributed by atoms with Crippen molar-refractivity contribution in [3.63, 3.8) is 0 Å². The van der Waals surface area contributed by atoms with Crippen LogP contribution in [0.4, 0.5) is 5.69 Å². The number of anilines is 1. The van der Waals surface area contributed by atoms with Crippen LogP contribution in [0.1, 0.15) is 33.3 Å². The number of carbonyl (C=O) groups is 1. The number of benzene rings is 2. The first kappa shape index (κ1) is 18.5. The Balaban J connectivity index is 1.67. The van der Waals surface area contributed by atoms with Crippen LogP contribution in [0.5, 0.6) is 5.75 Å². The molecule has 0 bridgehead atoms. The van der Waals surface area contributed by atoms with E-state index in [0.29, 0.717) is 12.1 Å². The number of pyridine rings is 1. The van der Waals surface area contributed by atoms with E-state index in [-0.39, 0.29) is 12.1 Å². The van der Waals surface area contributed by atoms with E-state index in [1.54, 1.807) is 19.4 Å². The van der Waals surface area contributed by atoms with Gasteiger partial charge >= 0.3 is 0 Å². The topological polar surface area (TPSA) is 54.5 Å². The van der Waals surface area contributed by atoms with Crippen LogP contribution in [0.3, 0.4) is 0 Å². The van der Waals surface area contributed by atoms with E-state index in [9.17, 15) is 4.79 Å². The maximum Gasteiger partial charge on any atom is 0.258 e. The summed E-state index contributed by atoms with van der Waals surface area (Å²) < 4.78 is 6.18. The Bertz CT molecular complexity index is 1020. The summed E-state index contributed by atoms with van der Waals surface area (Å²) in [5.74, 6) is 0.763. The summed E-state index contributed by atoms with van der Waals surface area (Å²) in [5, 5.41) is 3.49. The molecular formula is C22H20BrN3O2. The average Bonchev–Trinajstić information content (AvgIpc) is 2.96. The number of aryl methyl sites for hydroxylation is 1. The van der Waals surface area contributed by atoms with Gasteiger partial charge < -0.3 is 15.0 Å². The zero-order chi connectivity index (χ0) is 19.7. The van der Waals surface area contributed by atoms with Gasteiger partial charge in [-0.25, -0.2) is 0 Å². The van der Waals surface area contributed by atoms with Gasteiger partial charge in [-0.05, 0) is 70.4 Å². The molecular weight excluding hydrogens is 418 g/mol. The lowest BCUT2D eigenvalue weighted by Crippen LogP contribution is -2.32. The molecule has 5 nitrogen and oxygen atoms in total. The second-order valence-electron chi connectivity index (χ2n) is 6.75. The van der Waals surface area contributed by atoms with E-state index in [0.717, 1.165) is 32.7 Å². The van der Waals surface area contributed by atoms with Gasteiger partial charge in [0.15, 0.2) is 0 Å². The molecule has 0 unspecified atom stereocenters. The first-order valence-corrected chi connectivity index (χ1v) is 9.77. The quantitative estimate of drug-likeness (QED) is 0.614. The zero-order valence-electron chi connectivity index (χ0n) is 15.6. The van der Waals surface area contributed by atoms with Gasteiger partial charge in [0, 0.05) is 17.2 Å². The highest BCUT2D eigenvalue weighted by atomic mass is 79.9. The molecule has 1 amide bonds. The zero-order valence-corrected chi connectivity index (χ0v) is 17.2. The van der Waals surface area contributed by atoms with E-state index < -0.39 is 0 Å². The highest BCUT2D eigenvalue weighted by Gasteiger charge is 2.38. The Morgan fingerprint density at radius 3 is 2.68 bits per heavy atom. The third kappa shape index (κ3) is 3.47. The summed E-state index contributed by atoms with van der Waals surface area (Å²) in [4.78, 5) is 19.4. The molecule has 4 rings (SSSR count). The lowest BCUT2D eigenvalue weighted by molar-refractivity contribution is 0.0727. The summed E-state index contributed by atoms with van der Waals surface area (Å²) in [5.41, 5.74) is 4.48. The molecule has 1 N–H and O–H groups in total. The Kier molecular flexibility index (Phi) is 5.05. The molecule has 28 heavy (non-hydrogen) atoms. The van der Waals surface area contributed by atoms with Crippen LogP contribution in [0.25, 0.3) is 0 Å². The van der Waals surface area contributed by atoms with E-state index in [2.05, 4.69) is 26.2 Å². The fourth-order valence-electron chi connectivity index (χ4n) is 3.36. The van der Waals surface area contributed by atoms with Crippen LogP contribution in [0, 0.1) is 6.92 Å². The highest BCUT2D eigenvalue weighted by molar-refractivity contribution is 9.10. The molecule has 0 spiro atoms.